The highest BCUT2D eigenvalue weighted by molar-refractivity contribution is 7.91. The van der Waals surface area contributed by atoms with Gasteiger partial charge in [-0.3, -0.25) is 9.69 Å². The monoisotopic (exact) mass is 491 g/mol. The second-order valence-electron chi connectivity index (χ2n) is 7.32. The van der Waals surface area contributed by atoms with Crippen molar-refractivity contribution in [1.82, 2.24) is 9.29 Å². The number of aromatic nitrogens is 1. The predicted molar refractivity (Wildman–Crippen MR) is 121 cm³/mol. The van der Waals surface area contributed by atoms with Gasteiger partial charge in [-0.25, -0.2) is 17.8 Å². The van der Waals surface area contributed by atoms with Crippen LogP contribution in [0.2, 0.25) is 0 Å². The van der Waals surface area contributed by atoms with Crippen molar-refractivity contribution in [1.29, 1.82) is 0 Å². The van der Waals surface area contributed by atoms with Gasteiger partial charge in [-0.15, -0.1) is 11.3 Å². The highest BCUT2D eigenvalue weighted by Gasteiger charge is 2.42. The number of amides is 1. The first kappa shape index (κ1) is 21.3. The molecule has 0 radical (unpaired) electrons. The van der Waals surface area contributed by atoms with Crippen LogP contribution in [-0.4, -0.2) is 36.2 Å². The summed E-state index contributed by atoms with van der Waals surface area (Å²) >= 11 is 2.31. The van der Waals surface area contributed by atoms with Gasteiger partial charge in [0, 0.05) is 6.54 Å². The number of anilines is 1. The summed E-state index contributed by atoms with van der Waals surface area (Å²) in [7, 11) is -3.78. The molecule has 1 aliphatic heterocycles. The first-order valence-electron chi connectivity index (χ1n) is 9.89. The van der Waals surface area contributed by atoms with Crippen LogP contribution in [0.15, 0.2) is 62.7 Å². The summed E-state index contributed by atoms with van der Waals surface area (Å²) < 4.78 is 47.5. The van der Waals surface area contributed by atoms with Crippen molar-refractivity contribution >= 4 is 54.0 Å². The number of fused-ring (bicyclic) bond motifs is 1. The van der Waals surface area contributed by atoms with Crippen LogP contribution >= 0.6 is 22.7 Å². The Balaban J connectivity index is 1.52. The van der Waals surface area contributed by atoms with E-state index in [0.29, 0.717) is 34.0 Å². The normalized spacial score (nSPS) is 17.2. The molecule has 4 aromatic rings. The number of carbonyl (C=O) groups is 1. The van der Waals surface area contributed by atoms with Crippen molar-refractivity contribution in [2.75, 3.05) is 11.4 Å². The number of sulfonamides is 1. The number of nitrogens with zero attached hydrogens (tertiary/aromatic N) is 3. The summed E-state index contributed by atoms with van der Waals surface area (Å²) in [6.45, 7) is 0.369. The lowest BCUT2D eigenvalue weighted by molar-refractivity contribution is -0.121. The van der Waals surface area contributed by atoms with Gasteiger partial charge in [0.05, 0.1) is 23.0 Å². The highest BCUT2D eigenvalue weighted by Crippen LogP contribution is 2.34. The minimum absolute atomic E-state index is 0.0948. The lowest BCUT2D eigenvalue weighted by Crippen LogP contribution is -2.47. The lowest BCUT2D eigenvalue weighted by atomic mass is 10.2. The summed E-state index contributed by atoms with van der Waals surface area (Å²) in [6.07, 6.45) is 2.51. The maximum Gasteiger partial charge on any atom is 0.253 e. The number of rotatable bonds is 6. The number of carbonyl (C=O) groups excluding carboxylic acids is 1. The summed E-state index contributed by atoms with van der Waals surface area (Å²) in [4.78, 5) is 19.7. The fraction of sp³-hybridized carbons (Fsp3) is 0.238. The molecule has 11 heteroatoms. The van der Waals surface area contributed by atoms with Crippen LogP contribution in [0.1, 0.15) is 18.6 Å². The van der Waals surface area contributed by atoms with Gasteiger partial charge < -0.3 is 4.42 Å². The van der Waals surface area contributed by atoms with E-state index in [2.05, 4.69) is 4.98 Å². The molecule has 0 aliphatic carbocycles. The molecule has 5 rings (SSSR count). The molecule has 7 nitrogen and oxygen atoms in total. The Kier molecular flexibility index (Phi) is 5.58. The molecule has 1 atom stereocenters. The van der Waals surface area contributed by atoms with Crippen molar-refractivity contribution in [3.63, 3.8) is 0 Å². The minimum atomic E-state index is -3.78. The van der Waals surface area contributed by atoms with E-state index in [1.807, 2.05) is 0 Å². The van der Waals surface area contributed by atoms with E-state index in [9.17, 15) is 17.6 Å². The largest absolute Gasteiger partial charge is 0.467 e. The molecule has 1 aliphatic rings. The topological polar surface area (TPSA) is 83.7 Å². The second kappa shape index (κ2) is 8.39. The van der Waals surface area contributed by atoms with E-state index in [-0.39, 0.29) is 29.0 Å². The maximum atomic E-state index is 13.7. The standard InChI is InChI=1S/C21H18FN3O4S3/c22-14-7-8-16-18(12-14)31-21(23-16)24(13-15-4-2-10-29-15)20(26)17-5-1-9-25(17)32(27,28)19-6-3-11-30-19/h2-4,6-8,10-12,17H,1,5,9,13H2. The van der Waals surface area contributed by atoms with Gasteiger partial charge in [-0.05, 0) is 54.6 Å². The number of furan rings is 1. The van der Waals surface area contributed by atoms with Crippen LogP contribution in [0, 0.1) is 5.82 Å². The Morgan fingerprint density at radius 3 is 2.91 bits per heavy atom. The third-order valence-corrected chi connectivity index (χ3v) is 9.60. The number of thiazole rings is 1. The fourth-order valence-electron chi connectivity index (χ4n) is 3.78. The van der Waals surface area contributed by atoms with Crippen molar-refractivity contribution in [3.8, 4) is 0 Å². The van der Waals surface area contributed by atoms with Gasteiger partial charge in [0.1, 0.15) is 21.8 Å². The Labute approximate surface area is 191 Å². The first-order valence-corrected chi connectivity index (χ1v) is 13.0. The zero-order valence-electron chi connectivity index (χ0n) is 16.7. The summed E-state index contributed by atoms with van der Waals surface area (Å²) in [5, 5.41) is 2.07. The van der Waals surface area contributed by atoms with Gasteiger partial charge in [0.25, 0.3) is 10.0 Å². The van der Waals surface area contributed by atoms with Gasteiger partial charge in [0.2, 0.25) is 5.91 Å². The molecule has 0 saturated carbocycles. The number of hydrogen-bond acceptors (Lipinski definition) is 7. The van der Waals surface area contributed by atoms with Crippen molar-refractivity contribution in [3.05, 3.63) is 65.7 Å². The molecule has 3 aromatic heterocycles. The third kappa shape index (κ3) is 3.85. The van der Waals surface area contributed by atoms with Crippen LogP contribution in [0.25, 0.3) is 10.2 Å². The lowest BCUT2D eigenvalue weighted by Gasteiger charge is -2.27. The second-order valence-corrected chi connectivity index (χ2v) is 11.4. The average molecular weight is 492 g/mol. The molecule has 1 amide bonds. The number of hydrogen-bond donors (Lipinski definition) is 0. The van der Waals surface area contributed by atoms with Crippen molar-refractivity contribution < 1.29 is 22.0 Å². The smallest absolute Gasteiger partial charge is 0.253 e. The molecule has 4 heterocycles. The molecule has 1 unspecified atom stereocenters. The molecular formula is C21H18FN3O4S3. The molecule has 32 heavy (non-hydrogen) atoms. The quantitative estimate of drug-likeness (QED) is 0.397. The van der Waals surface area contributed by atoms with E-state index < -0.39 is 16.1 Å². The predicted octanol–water partition coefficient (Wildman–Crippen LogP) is 4.48. The van der Waals surface area contributed by atoms with Gasteiger partial charge in [0.15, 0.2) is 5.13 Å². The third-order valence-electron chi connectivity index (χ3n) is 5.28. The number of halogens is 1. The Morgan fingerprint density at radius 1 is 1.28 bits per heavy atom. The zero-order chi connectivity index (χ0) is 22.3. The van der Waals surface area contributed by atoms with Crippen molar-refractivity contribution in [2.45, 2.75) is 29.6 Å². The molecule has 1 saturated heterocycles. The average Bonchev–Trinajstić information content (AvgIpc) is 3.56. The van der Waals surface area contributed by atoms with E-state index in [1.54, 1.807) is 35.7 Å². The van der Waals surface area contributed by atoms with E-state index in [0.717, 1.165) is 11.3 Å². The fourth-order valence-corrected chi connectivity index (χ4v) is 7.55. The van der Waals surface area contributed by atoms with Crippen LogP contribution in [0.3, 0.4) is 0 Å². The highest BCUT2D eigenvalue weighted by atomic mass is 32.2. The molecule has 1 fully saturated rings. The first-order chi connectivity index (χ1) is 15.4. The minimum Gasteiger partial charge on any atom is -0.467 e. The summed E-state index contributed by atoms with van der Waals surface area (Å²) in [5.41, 5.74) is 0.568. The molecule has 0 spiro atoms. The van der Waals surface area contributed by atoms with Gasteiger partial charge >= 0.3 is 0 Å². The SMILES string of the molecule is O=C(C1CCCN1S(=O)(=O)c1cccs1)N(Cc1ccco1)c1nc2ccc(F)cc2s1. The van der Waals surface area contributed by atoms with Crippen molar-refractivity contribution in [2.24, 2.45) is 0 Å². The van der Waals surface area contributed by atoms with Crippen LogP contribution in [-0.2, 0) is 21.4 Å². The van der Waals surface area contributed by atoms with E-state index >= 15 is 0 Å². The molecule has 166 valence electrons. The molecular weight excluding hydrogens is 473 g/mol. The van der Waals surface area contributed by atoms with E-state index in [4.69, 9.17) is 4.42 Å². The van der Waals surface area contributed by atoms with E-state index in [1.165, 1.54) is 38.9 Å². The summed E-state index contributed by atoms with van der Waals surface area (Å²) in [5.74, 6) is -0.228. The molecule has 1 aromatic carbocycles. The Bertz CT molecular complexity index is 1350. The van der Waals surface area contributed by atoms with Crippen LogP contribution < -0.4 is 4.90 Å². The van der Waals surface area contributed by atoms with Gasteiger partial charge in [-0.2, -0.15) is 4.31 Å². The Morgan fingerprint density at radius 2 is 2.16 bits per heavy atom. The number of benzene rings is 1. The summed E-state index contributed by atoms with van der Waals surface area (Å²) in [6, 6.07) is 10.1. The molecule has 0 bridgehead atoms. The van der Waals surface area contributed by atoms with Gasteiger partial charge in [-0.1, -0.05) is 17.4 Å². The molecule has 0 N–H and O–H groups in total. The maximum absolute atomic E-state index is 13.7. The van der Waals surface area contributed by atoms with Crippen LogP contribution in [0.4, 0.5) is 9.52 Å². The Hall–Kier alpha value is -2.60. The zero-order valence-corrected chi connectivity index (χ0v) is 19.1. The number of thiophene rings is 1. The van der Waals surface area contributed by atoms with Crippen LogP contribution in [0.5, 0.6) is 0 Å².